The van der Waals surface area contributed by atoms with E-state index in [4.69, 9.17) is 27.9 Å². The van der Waals surface area contributed by atoms with E-state index in [9.17, 15) is 9.59 Å². The van der Waals surface area contributed by atoms with Gasteiger partial charge >= 0.3 is 5.97 Å². The van der Waals surface area contributed by atoms with Gasteiger partial charge in [-0.1, -0.05) is 29.3 Å². The molecule has 24 heavy (non-hydrogen) atoms. The van der Waals surface area contributed by atoms with Crippen molar-refractivity contribution in [1.29, 1.82) is 0 Å². The van der Waals surface area contributed by atoms with Gasteiger partial charge in [0.25, 0.3) is 5.91 Å². The summed E-state index contributed by atoms with van der Waals surface area (Å²) in [5.74, 6) is -0.478. The summed E-state index contributed by atoms with van der Waals surface area (Å²) >= 11 is 12.2. The number of carbonyl (C=O) groups excluding carboxylic acids is 2. The van der Waals surface area contributed by atoms with Gasteiger partial charge < -0.3 is 15.0 Å². The minimum Gasteiger partial charge on any atom is -0.466 e. The minimum atomic E-state index is -0.311. The Morgan fingerprint density at radius 3 is 2.67 bits per heavy atom. The Labute approximate surface area is 152 Å². The molecule has 0 saturated carbocycles. The standard InChI is InChI=1S/C17H22Cl2N2O3/c1-3-24-17(23)12-6-5-9-21(10-12)11(2)16(22)20-15-13(18)7-4-8-14(15)19/h4,7-8,11-12H,3,5-6,9-10H2,1-2H3,(H,20,22)/p+1/t11-,12-/m0/s1. The lowest BCUT2D eigenvalue weighted by atomic mass is 9.97. The largest absolute Gasteiger partial charge is 0.466 e. The van der Waals surface area contributed by atoms with Gasteiger partial charge in [-0.3, -0.25) is 9.59 Å². The van der Waals surface area contributed by atoms with Crippen LogP contribution >= 0.6 is 23.2 Å². The Balaban J connectivity index is 2.01. The van der Waals surface area contributed by atoms with Gasteiger partial charge in [0.1, 0.15) is 5.92 Å². The monoisotopic (exact) mass is 373 g/mol. The van der Waals surface area contributed by atoms with Gasteiger partial charge in [-0.25, -0.2) is 0 Å². The number of piperidine rings is 1. The van der Waals surface area contributed by atoms with Crippen LogP contribution in [0.15, 0.2) is 18.2 Å². The molecule has 0 aromatic heterocycles. The Morgan fingerprint density at radius 2 is 2.04 bits per heavy atom. The highest BCUT2D eigenvalue weighted by Crippen LogP contribution is 2.29. The van der Waals surface area contributed by atoms with Crippen LogP contribution in [0.2, 0.25) is 10.0 Å². The number of benzene rings is 1. The zero-order valence-electron chi connectivity index (χ0n) is 13.9. The first kappa shape index (κ1) is 19.0. The van der Waals surface area contributed by atoms with Gasteiger partial charge in [0, 0.05) is 0 Å². The van der Waals surface area contributed by atoms with Crippen molar-refractivity contribution in [2.75, 3.05) is 25.0 Å². The third-order valence-corrected chi connectivity index (χ3v) is 5.03. The molecule has 1 saturated heterocycles. The average molecular weight is 374 g/mol. The Kier molecular flexibility index (Phi) is 6.90. The van der Waals surface area contributed by atoms with E-state index in [0.717, 1.165) is 24.3 Å². The molecule has 3 atom stereocenters. The van der Waals surface area contributed by atoms with Crippen molar-refractivity contribution in [2.45, 2.75) is 32.7 Å². The normalized spacial score (nSPS) is 21.8. The van der Waals surface area contributed by atoms with Crippen molar-refractivity contribution in [1.82, 2.24) is 0 Å². The molecule has 1 heterocycles. The highest BCUT2D eigenvalue weighted by atomic mass is 35.5. The number of hydrogen-bond donors (Lipinski definition) is 2. The Hall–Kier alpha value is -1.30. The van der Waals surface area contributed by atoms with Crippen LogP contribution in [0.1, 0.15) is 26.7 Å². The maximum Gasteiger partial charge on any atom is 0.314 e. The minimum absolute atomic E-state index is 0.146. The van der Waals surface area contributed by atoms with E-state index >= 15 is 0 Å². The molecular weight excluding hydrogens is 351 g/mol. The predicted molar refractivity (Wildman–Crippen MR) is 94.6 cm³/mol. The molecular formula is C17H23Cl2N2O3+. The number of quaternary nitrogens is 1. The third kappa shape index (κ3) is 4.62. The number of carbonyl (C=O) groups is 2. The topological polar surface area (TPSA) is 59.8 Å². The van der Waals surface area contributed by atoms with Crippen molar-refractivity contribution in [2.24, 2.45) is 5.92 Å². The molecule has 1 aliphatic heterocycles. The number of anilines is 1. The Bertz CT molecular complexity index is 589. The van der Waals surface area contributed by atoms with Crippen LogP contribution in [0.25, 0.3) is 0 Å². The van der Waals surface area contributed by atoms with E-state index in [2.05, 4.69) is 5.32 Å². The molecule has 1 unspecified atom stereocenters. The summed E-state index contributed by atoms with van der Waals surface area (Å²) in [6.07, 6.45) is 1.70. The summed E-state index contributed by atoms with van der Waals surface area (Å²) in [6.45, 7) is 5.48. The Morgan fingerprint density at radius 1 is 1.38 bits per heavy atom. The number of para-hydroxylation sites is 1. The summed E-state index contributed by atoms with van der Waals surface area (Å²) in [6, 6.07) is 4.77. The van der Waals surface area contributed by atoms with Crippen LogP contribution in [0.3, 0.4) is 0 Å². The molecule has 0 spiro atoms. The fourth-order valence-electron chi connectivity index (χ4n) is 2.98. The summed E-state index contributed by atoms with van der Waals surface area (Å²) in [7, 11) is 0. The summed E-state index contributed by atoms with van der Waals surface area (Å²) in [5.41, 5.74) is 0.427. The van der Waals surface area contributed by atoms with Crippen molar-refractivity contribution in [3.05, 3.63) is 28.2 Å². The molecule has 1 amide bonds. The number of likely N-dealkylation sites (tertiary alicyclic amines) is 1. The molecule has 7 heteroatoms. The van der Waals surface area contributed by atoms with Gasteiger partial charge in [0.15, 0.2) is 6.04 Å². The maximum absolute atomic E-state index is 12.6. The van der Waals surface area contributed by atoms with E-state index in [1.165, 1.54) is 0 Å². The van der Waals surface area contributed by atoms with E-state index in [0.29, 0.717) is 28.9 Å². The average Bonchev–Trinajstić information content (AvgIpc) is 2.57. The van der Waals surface area contributed by atoms with E-state index in [1.54, 1.807) is 25.1 Å². The molecule has 2 N–H and O–H groups in total. The zero-order chi connectivity index (χ0) is 17.7. The first-order valence-electron chi connectivity index (χ1n) is 8.20. The summed E-state index contributed by atoms with van der Waals surface area (Å²) in [5, 5.41) is 3.61. The van der Waals surface area contributed by atoms with Crippen LogP contribution in [-0.4, -0.2) is 37.6 Å². The highest BCUT2D eigenvalue weighted by molar-refractivity contribution is 6.39. The third-order valence-electron chi connectivity index (χ3n) is 4.40. The molecule has 0 aliphatic carbocycles. The lowest BCUT2D eigenvalue weighted by molar-refractivity contribution is -0.921. The van der Waals surface area contributed by atoms with Gasteiger partial charge in [0.05, 0.1) is 35.4 Å². The molecule has 1 aliphatic rings. The number of esters is 1. The first-order chi connectivity index (χ1) is 11.4. The maximum atomic E-state index is 12.6. The van der Waals surface area contributed by atoms with Gasteiger partial charge in [-0.05, 0) is 38.8 Å². The quantitative estimate of drug-likeness (QED) is 0.777. The summed E-state index contributed by atoms with van der Waals surface area (Å²) in [4.78, 5) is 25.6. The molecule has 5 nitrogen and oxygen atoms in total. The SMILES string of the molecule is CCOC(=O)[C@H]1CCC[NH+]([C@@H](C)C(=O)Nc2c(Cl)cccc2Cl)C1. The van der Waals surface area contributed by atoms with Gasteiger partial charge in [0.2, 0.25) is 0 Å². The number of hydrogen-bond acceptors (Lipinski definition) is 3. The molecule has 0 bridgehead atoms. The number of nitrogens with one attached hydrogen (secondary N) is 2. The molecule has 1 aromatic carbocycles. The van der Waals surface area contributed by atoms with Crippen LogP contribution in [0.4, 0.5) is 5.69 Å². The molecule has 132 valence electrons. The molecule has 1 fully saturated rings. The van der Waals surface area contributed by atoms with Crippen LogP contribution in [-0.2, 0) is 14.3 Å². The fraction of sp³-hybridized carbons (Fsp3) is 0.529. The first-order valence-corrected chi connectivity index (χ1v) is 8.95. The van der Waals surface area contributed by atoms with Gasteiger partial charge in [-0.2, -0.15) is 0 Å². The number of amides is 1. The highest BCUT2D eigenvalue weighted by Gasteiger charge is 2.35. The lowest BCUT2D eigenvalue weighted by Crippen LogP contribution is -3.18. The second-order valence-corrected chi connectivity index (χ2v) is 6.83. The number of ether oxygens (including phenoxy) is 1. The second-order valence-electron chi connectivity index (χ2n) is 6.01. The smallest absolute Gasteiger partial charge is 0.314 e. The molecule has 0 radical (unpaired) electrons. The van der Waals surface area contributed by atoms with Crippen LogP contribution in [0, 0.1) is 5.92 Å². The van der Waals surface area contributed by atoms with Crippen molar-refractivity contribution in [3.63, 3.8) is 0 Å². The fourth-order valence-corrected chi connectivity index (χ4v) is 3.48. The van der Waals surface area contributed by atoms with E-state index in [-0.39, 0.29) is 23.8 Å². The number of rotatable bonds is 5. The van der Waals surface area contributed by atoms with E-state index in [1.807, 2.05) is 6.92 Å². The van der Waals surface area contributed by atoms with Crippen LogP contribution < -0.4 is 10.2 Å². The molecule has 2 rings (SSSR count). The van der Waals surface area contributed by atoms with Gasteiger partial charge in [-0.15, -0.1) is 0 Å². The predicted octanol–water partition coefficient (Wildman–Crippen LogP) is 2.18. The van der Waals surface area contributed by atoms with Crippen molar-refractivity contribution >= 4 is 40.8 Å². The second kappa shape index (κ2) is 8.70. The van der Waals surface area contributed by atoms with Crippen molar-refractivity contribution in [3.8, 4) is 0 Å². The number of halogens is 2. The van der Waals surface area contributed by atoms with Crippen LogP contribution in [0.5, 0.6) is 0 Å². The van der Waals surface area contributed by atoms with E-state index < -0.39 is 0 Å². The lowest BCUT2D eigenvalue weighted by Gasteiger charge is -2.32. The molecule has 1 aromatic rings. The zero-order valence-corrected chi connectivity index (χ0v) is 15.4. The van der Waals surface area contributed by atoms with Crippen molar-refractivity contribution < 1.29 is 19.2 Å². The summed E-state index contributed by atoms with van der Waals surface area (Å²) < 4.78 is 5.11.